The number of carboxylic acids is 1. The highest BCUT2D eigenvalue weighted by Gasteiger charge is 2.41. The molecule has 2 heterocycles. The zero-order valence-electron chi connectivity index (χ0n) is 9.80. The second kappa shape index (κ2) is 4.01. The van der Waals surface area contributed by atoms with Crippen LogP contribution in [0.4, 0.5) is 5.69 Å². The second-order valence-electron chi connectivity index (χ2n) is 4.72. The lowest BCUT2D eigenvalue weighted by molar-refractivity contribution is -0.140. The van der Waals surface area contributed by atoms with Crippen LogP contribution in [-0.2, 0) is 16.0 Å². The Morgan fingerprint density at radius 2 is 2.17 bits per heavy atom. The first kappa shape index (κ1) is 11.1. The maximum absolute atomic E-state index is 11.9. The maximum atomic E-state index is 11.9. The Bertz CT molecular complexity index is 515. The number of amides is 1. The van der Waals surface area contributed by atoms with Gasteiger partial charge in [-0.25, -0.2) is 4.79 Å². The molecular weight excluding hydrogens is 232 g/mol. The largest absolute Gasteiger partial charge is 0.480 e. The maximum Gasteiger partial charge on any atom is 0.326 e. The lowest BCUT2D eigenvalue weighted by Crippen LogP contribution is -2.39. The first-order valence-electron chi connectivity index (χ1n) is 6.04. The fourth-order valence-electron chi connectivity index (χ4n) is 2.78. The Balaban J connectivity index is 1.85. The highest BCUT2D eigenvalue weighted by molar-refractivity contribution is 5.93. The molecule has 0 saturated carbocycles. The van der Waals surface area contributed by atoms with E-state index in [1.165, 1.54) is 5.56 Å². The van der Waals surface area contributed by atoms with Crippen LogP contribution in [0.25, 0.3) is 0 Å². The minimum atomic E-state index is -0.960. The van der Waals surface area contributed by atoms with Gasteiger partial charge in [-0.2, -0.15) is 0 Å². The molecule has 5 nitrogen and oxygen atoms in total. The predicted molar refractivity (Wildman–Crippen MR) is 65.5 cm³/mol. The summed E-state index contributed by atoms with van der Waals surface area (Å²) in [6.45, 7) is 0.782. The summed E-state index contributed by atoms with van der Waals surface area (Å²) >= 11 is 0. The SMILES string of the molecule is O=C(O)[C@@H]1C[C@H](N2CCc3ccccc32)C(=O)N1. The molecule has 2 atom stereocenters. The second-order valence-corrected chi connectivity index (χ2v) is 4.72. The molecule has 3 rings (SSSR count). The summed E-state index contributed by atoms with van der Waals surface area (Å²) in [6.07, 6.45) is 1.25. The summed E-state index contributed by atoms with van der Waals surface area (Å²) in [5.41, 5.74) is 2.28. The average Bonchev–Trinajstić information content (AvgIpc) is 2.92. The number of hydrogen-bond acceptors (Lipinski definition) is 3. The molecule has 0 unspecified atom stereocenters. The van der Waals surface area contributed by atoms with E-state index in [0.29, 0.717) is 6.42 Å². The summed E-state index contributed by atoms with van der Waals surface area (Å²) in [5, 5.41) is 11.5. The van der Waals surface area contributed by atoms with Crippen LogP contribution in [0.3, 0.4) is 0 Å². The Hall–Kier alpha value is -2.04. The number of carbonyl (C=O) groups excluding carboxylic acids is 1. The highest BCUT2D eigenvalue weighted by atomic mass is 16.4. The van der Waals surface area contributed by atoms with Crippen LogP contribution in [0, 0.1) is 0 Å². The molecule has 0 aliphatic carbocycles. The summed E-state index contributed by atoms with van der Waals surface area (Å²) in [7, 11) is 0. The Labute approximate surface area is 104 Å². The van der Waals surface area contributed by atoms with Gasteiger partial charge in [0.25, 0.3) is 0 Å². The van der Waals surface area contributed by atoms with Crippen LogP contribution in [-0.4, -0.2) is 35.6 Å². The lowest BCUT2D eigenvalue weighted by atomic mass is 10.1. The normalized spacial score (nSPS) is 26.0. The van der Waals surface area contributed by atoms with E-state index in [4.69, 9.17) is 5.11 Å². The van der Waals surface area contributed by atoms with Gasteiger partial charge in [0.2, 0.25) is 5.91 Å². The van der Waals surface area contributed by atoms with Gasteiger partial charge in [-0.1, -0.05) is 18.2 Å². The standard InChI is InChI=1S/C13H14N2O3/c16-12-11(7-9(14-12)13(17)18)15-6-5-8-3-1-2-4-10(8)15/h1-4,9,11H,5-7H2,(H,14,16)(H,17,18)/t9-,11-/m0/s1. The van der Waals surface area contributed by atoms with Gasteiger partial charge in [0.05, 0.1) is 0 Å². The highest BCUT2D eigenvalue weighted by Crippen LogP contribution is 2.31. The topological polar surface area (TPSA) is 69.6 Å². The third kappa shape index (κ3) is 1.63. The van der Waals surface area contributed by atoms with Crippen molar-refractivity contribution in [3.63, 3.8) is 0 Å². The van der Waals surface area contributed by atoms with Crippen molar-refractivity contribution in [2.24, 2.45) is 0 Å². The molecule has 1 aromatic rings. The van der Waals surface area contributed by atoms with Crippen molar-refractivity contribution in [3.05, 3.63) is 29.8 Å². The average molecular weight is 246 g/mol. The molecular formula is C13H14N2O3. The van der Waals surface area contributed by atoms with Gasteiger partial charge in [-0.3, -0.25) is 4.79 Å². The van der Waals surface area contributed by atoms with Gasteiger partial charge < -0.3 is 15.3 Å². The molecule has 0 radical (unpaired) electrons. The number of carboxylic acid groups (broad SMARTS) is 1. The van der Waals surface area contributed by atoms with E-state index in [2.05, 4.69) is 11.4 Å². The van der Waals surface area contributed by atoms with E-state index < -0.39 is 12.0 Å². The molecule has 18 heavy (non-hydrogen) atoms. The minimum absolute atomic E-state index is 0.181. The summed E-state index contributed by atoms with van der Waals surface area (Å²) in [4.78, 5) is 24.8. The van der Waals surface area contributed by atoms with Crippen LogP contribution < -0.4 is 10.2 Å². The Morgan fingerprint density at radius 1 is 1.39 bits per heavy atom. The van der Waals surface area contributed by atoms with Crippen LogP contribution in [0.15, 0.2) is 24.3 Å². The Morgan fingerprint density at radius 3 is 2.89 bits per heavy atom. The molecule has 1 fully saturated rings. The van der Waals surface area contributed by atoms with Gasteiger partial charge in [0, 0.05) is 18.7 Å². The van der Waals surface area contributed by atoms with E-state index >= 15 is 0 Å². The minimum Gasteiger partial charge on any atom is -0.480 e. The molecule has 2 N–H and O–H groups in total. The van der Waals surface area contributed by atoms with Crippen molar-refractivity contribution < 1.29 is 14.7 Å². The van der Waals surface area contributed by atoms with Crippen molar-refractivity contribution in [2.75, 3.05) is 11.4 Å². The number of benzene rings is 1. The monoisotopic (exact) mass is 246 g/mol. The predicted octanol–water partition coefficient (Wildman–Crippen LogP) is 0.391. The first-order chi connectivity index (χ1) is 8.66. The van der Waals surface area contributed by atoms with Crippen molar-refractivity contribution in [2.45, 2.75) is 24.9 Å². The zero-order chi connectivity index (χ0) is 12.7. The number of aliphatic carboxylic acids is 1. The number of hydrogen-bond donors (Lipinski definition) is 2. The third-order valence-corrected chi connectivity index (χ3v) is 3.68. The summed E-state index contributed by atoms with van der Waals surface area (Å²) < 4.78 is 0. The zero-order valence-corrected chi connectivity index (χ0v) is 9.80. The molecule has 1 saturated heterocycles. The van der Waals surface area contributed by atoms with Crippen LogP contribution in [0.5, 0.6) is 0 Å². The molecule has 2 aliphatic heterocycles. The van der Waals surface area contributed by atoms with Crippen molar-refractivity contribution in [3.8, 4) is 0 Å². The first-order valence-corrected chi connectivity index (χ1v) is 6.04. The number of carbonyl (C=O) groups is 2. The lowest BCUT2D eigenvalue weighted by Gasteiger charge is -2.24. The van der Waals surface area contributed by atoms with E-state index in [1.54, 1.807) is 0 Å². The van der Waals surface area contributed by atoms with Crippen LogP contribution >= 0.6 is 0 Å². The molecule has 0 bridgehead atoms. The number of rotatable bonds is 2. The van der Waals surface area contributed by atoms with Crippen molar-refractivity contribution in [1.29, 1.82) is 0 Å². The number of nitrogens with one attached hydrogen (secondary N) is 1. The molecule has 0 spiro atoms. The summed E-state index contributed by atoms with van der Waals surface area (Å²) in [6, 6.07) is 6.86. The quantitative estimate of drug-likeness (QED) is 0.792. The van der Waals surface area contributed by atoms with Gasteiger partial charge >= 0.3 is 5.97 Å². The molecule has 5 heteroatoms. The van der Waals surface area contributed by atoms with Gasteiger partial charge in [0.1, 0.15) is 12.1 Å². The summed E-state index contributed by atoms with van der Waals surface area (Å²) in [5.74, 6) is -1.14. The molecule has 0 aromatic heterocycles. The van der Waals surface area contributed by atoms with Crippen LogP contribution in [0.2, 0.25) is 0 Å². The van der Waals surface area contributed by atoms with E-state index in [9.17, 15) is 9.59 Å². The third-order valence-electron chi connectivity index (χ3n) is 3.68. The Kier molecular flexibility index (Phi) is 2.47. The van der Waals surface area contributed by atoms with Gasteiger partial charge in [-0.15, -0.1) is 0 Å². The number of nitrogens with zero attached hydrogens (tertiary/aromatic N) is 1. The van der Waals surface area contributed by atoms with E-state index in [1.807, 2.05) is 23.1 Å². The number of fused-ring (bicyclic) bond motifs is 1. The molecule has 94 valence electrons. The smallest absolute Gasteiger partial charge is 0.326 e. The fraction of sp³-hybridized carbons (Fsp3) is 0.385. The number of anilines is 1. The van der Waals surface area contributed by atoms with Crippen molar-refractivity contribution >= 4 is 17.6 Å². The van der Waals surface area contributed by atoms with Gasteiger partial charge in [-0.05, 0) is 18.1 Å². The van der Waals surface area contributed by atoms with E-state index in [-0.39, 0.29) is 11.9 Å². The van der Waals surface area contributed by atoms with Gasteiger partial charge in [0.15, 0.2) is 0 Å². The molecule has 2 aliphatic rings. The van der Waals surface area contributed by atoms with E-state index in [0.717, 1.165) is 18.7 Å². The molecule has 1 amide bonds. The molecule has 1 aromatic carbocycles. The number of para-hydroxylation sites is 1. The fourth-order valence-corrected chi connectivity index (χ4v) is 2.78. The van der Waals surface area contributed by atoms with Crippen molar-refractivity contribution in [1.82, 2.24) is 5.32 Å². The van der Waals surface area contributed by atoms with Crippen LogP contribution in [0.1, 0.15) is 12.0 Å².